The molecule has 1 fully saturated rings. The van der Waals surface area contributed by atoms with Crippen molar-refractivity contribution < 1.29 is 4.58 Å². The molecule has 1 aromatic rings. The van der Waals surface area contributed by atoms with Crippen LogP contribution in [0.5, 0.6) is 0 Å². The van der Waals surface area contributed by atoms with Gasteiger partial charge in [-0.3, -0.25) is 0 Å². The minimum absolute atomic E-state index is 0.216. The summed E-state index contributed by atoms with van der Waals surface area (Å²) in [4.78, 5) is 0. The summed E-state index contributed by atoms with van der Waals surface area (Å²) in [6.07, 6.45) is 6.27. The van der Waals surface area contributed by atoms with E-state index in [2.05, 4.69) is 91.3 Å². The first-order chi connectivity index (χ1) is 12.1. The van der Waals surface area contributed by atoms with Gasteiger partial charge in [-0.15, -0.1) is 0 Å². The van der Waals surface area contributed by atoms with Gasteiger partial charge in [0.15, 0.2) is 5.54 Å². The molecule has 1 heteroatoms. The molecule has 0 amide bonds. The summed E-state index contributed by atoms with van der Waals surface area (Å²) in [6.45, 7) is 21.3. The molecule has 3 atom stereocenters. The van der Waals surface area contributed by atoms with Gasteiger partial charge in [0.25, 0.3) is 0 Å². The first kappa shape index (κ1) is 21.2. The van der Waals surface area contributed by atoms with Gasteiger partial charge in [0, 0.05) is 37.8 Å². The maximum atomic E-state index is 2.66. The van der Waals surface area contributed by atoms with Gasteiger partial charge in [0.1, 0.15) is 6.21 Å². The highest BCUT2D eigenvalue weighted by Gasteiger charge is 2.46. The second-order valence-electron chi connectivity index (χ2n) is 9.85. The molecule has 1 saturated carbocycles. The lowest BCUT2D eigenvalue weighted by Crippen LogP contribution is -2.45. The van der Waals surface area contributed by atoms with E-state index in [0.717, 1.165) is 17.8 Å². The number of hydrogen-bond donors (Lipinski definition) is 0. The van der Waals surface area contributed by atoms with Crippen molar-refractivity contribution in [3.8, 4) is 0 Å². The van der Waals surface area contributed by atoms with Gasteiger partial charge >= 0.3 is 0 Å². The number of rotatable bonds is 5. The van der Waals surface area contributed by atoms with Crippen molar-refractivity contribution in [2.75, 3.05) is 0 Å². The van der Waals surface area contributed by atoms with Crippen LogP contribution in [0.3, 0.4) is 0 Å². The second kappa shape index (κ2) is 8.28. The van der Waals surface area contributed by atoms with Crippen molar-refractivity contribution in [2.45, 2.75) is 99.0 Å². The minimum Gasteiger partial charge on any atom is -0.197 e. The Morgan fingerprint density at radius 1 is 1.04 bits per heavy atom. The Kier molecular flexibility index (Phi) is 6.75. The summed E-state index contributed by atoms with van der Waals surface area (Å²) in [6, 6.07) is 6.94. The first-order valence-electron chi connectivity index (χ1n) is 10.8. The fourth-order valence-corrected chi connectivity index (χ4v) is 5.42. The number of hydrogen-bond acceptors (Lipinski definition) is 0. The summed E-state index contributed by atoms with van der Waals surface area (Å²) in [5.41, 5.74) is 4.69. The number of benzene rings is 1. The molecule has 26 heavy (non-hydrogen) atoms. The molecular formula is C25H42N+. The van der Waals surface area contributed by atoms with E-state index in [0.29, 0.717) is 11.8 Å². The monoisotopic (exact) mass is 356 g/mol. The predicted molar refractivity (Wildman–Crippen MR) is 116 cm³/mol. The highest BCUT2D eigenvalue weighted by atomic mass is 15.1. The maximum Gasteiger partial charge on any atom is 0.212 e. The molecule has 0 spiro atoms. The highest BCUT2D eigenvalue weighted by molar-refractivity contribution is 5.57. The summed E-state index contributed by atoms with van der Waals surface area (Å²) in [5, 5.41) is 0. The molecule has 0 aromatic heterocycles. The Labute approximate surface area is 162 Å². The maximum absolute atomic E-state index is 2.66. The van der Waals surface area contributed by atoms with Crippen LogP contribution in [0.15, 0.2) is 18.2 Å². The molecule has 146 valence electrons. The zero-order valence-electron chi connectivity index (χ0n) is 18.8. The average molecular weight is 357 g/mol. The highest BCUT2D eigenvalue weighted by Crippen LogP contribution is 2.46. The third-order valence-corrected chi connectivity index (χ3v) is 6.79. The van der Waals surface area contributed by atoms with Crippen molar-refractivity contribution in [3.63, 3.8) is 0 Å². The SMILES string of the molecule is C/C=[N+](/c1c(C(C)C)cccc1C(C)C)C1(C)CCC(C(C)C)[C@@H](C)C1. The Morgan fingerprint density at radius 3 is 1.96 bits per heavy atom. The molecule has 2 unspecified atom stereocenters. The fraction of sp³-hybridized carbons (Fsp3) is 0.720. The van der Waals surface area contributed by atoms with Crippen LogP contribution in [0, 0.1) is 17.8 Å². The quantitative estimate of drug-likeness (QED) is 0.379. The Hall–Kier alpha value is -1.11. The van der Waals surface area contributed by atoms with E-state index in [-0.39, 0.29) is 5.54 Å². The van der Waals surface area contributed by atoms with E-state index in [1.807, 2.05) is 0 Å². The van der Waals surface area contributed by atoms with Crippen molar-refractivity contribution in [2.24, 2.45) is 17.8 Å². The van der Waals surface area contributed by atoms with Gasteiger partial charge in [-0.05, 0) is 36.0 Å². The lowest BCUT2D eigenvalue weighted by atomic mass is 9.67. The molecule has 2 rings (SSSR count). The molecule has 0 aliphatic heterocycles. The van der Waals surface area contributed by atoms with Gasteiger partial charge < -0.3 is 0 Å². The van der Waals surface area contributed by atoms with E-state index in [9.17, 15) is 0 Å². The lowest BCUT2D eigenvalue weighted by Gasteiger charge is -2.41. The van der Waals surface area contributed by atoms with Crippen molar-refractivity contribution in [1.82, 2.24) is 0 Å². The summed E-state index contributed by atoms with van der Waals surface area (Å²) in [7, 11) is 0. The normalized spacial score (nSPS) is 27.6. The second-order valence-corrected chi connectivity index (χ2v) is 9.85. The van der Waals surface area contributed by atoms with Crippen molar-refractivity contribution >= 4 is 11.9 Å². The van der Waals surface area contributed by atoms with E-state index < -0.39 is 0 Å². The Balaban J connectivity index is 2.53. The minimum atomic E-state index is 0.216. The van der Waals surface area contributed by atoms with Crippen LogP contribution >= 0.6 is 0 Å². The van der Waals surface area contributed by atoms with E-state index >= 15 is 0 Å². The van der Waals surface area contributed by atoms with Crippen molar-refractivity contribution in [1.29, 1.82) is 0 Å². The average Bonchev–Trinajstić information content (AvgIpc) is 2.54. The molecule has 0 N–H and O–H groups in total. The van der Waals surface area contributed by atoms with Gasteiger partial charge in [0.05, 0.1) is 0 Å². The van der Waals surface area contributed by atoms with E-state index in [1.165, 1.54) is 36.1 Å². The number of para-hydroxylation sites is 1. The molecule has 1 aliphatic rings. The zero-order chi connectivity index (χ0) is 19.6. The molecule has 0 radical (unpaired) electrons. The Morgan fingerprint density at radius 2 is 1.58 bits per heavy atom. The van der Waals surface area contributed by atoms with Crippen LogP contribution in [0.2, 0.25) is 0 Å². The summed E-state index contributed by atoms with van der Waals surface area (Å²) < 4.78 is 2.66. The molecular weight excluding hydrogens is 314 g/mol. The first-order valence-corrected chi connectivity index (χ1v) is 10.8. The lowest BCUT2D eigenvalue weighted by molar-refractivity contribution is -0.536. The van der Waals surface area contributed by atoms with Crippen LogP contribution in [-0.4, -0.2) is 16.3 Å². The molecule has 1 nitrogen and oxygen atoms in total. The fourth-order valence-electron chi connectivity index (χ4n) is 5.42. The zero-order valence-corrected chi connectivity index (χ0v) is 18.8. The molecule has 0 heterocycles. The standard InChI is InChI=1S/C25H42N/c1-10-26(25(9)15-14-21(17(2)3)20(8)16-25)24-22(18(4)5)12-11-13-23(24)19(6)7/h10-13,17-21H,14-16H2,1-9H3/q+1/b26-10-/t20-,21?,25?/m0/s1. The summed E-state index contributed by atoms with van der Waals surface area (Å²) >= 11 is 0. The Bertz CT molecular complexity index is 611. The number of nitrogens with zero attached hydrogens (tertiary/aromatic N) is 1. The summed E-state index contributed by atoms with van der Waals surface area (Å²) in [5.74, 6) is 3.53. The van der Waals surface area contributed by atoms with Gasteiger partial charge in [-0.25, -0.2) is 0 Å². The largest absolute Gasteiger partial charge is 0.212 e. The van der Waals surface area contributed by atoms with Crippen LogP contribution in [0.4, 0.5) is 5.69 Å². The van der Waals surface area contributed by atoms with Gasteiger partial charge in [-0.2, -0.15) is 4.58 Å². The van der Waals surface area contributed by atoms with Gasteiger partial charge in [0.2, 0.25) is 5.69 Å². The van der Waals surface area contributed by atoms with Crippen LogP contribution < -0.4 is 0 Å². The molecule has 1 aromatic carbocycles. The van der Waals surface area contributed by atoms with Crippen LogP contribution in [0.25, 0.3) is 0 Å². The third kappa shape index (κ3) is 4.07. The smallest absolute Gasteiger partial charge is 0.197 e. The predicted octanol–water partition coefficient (Wildman–Crippen LogP) is 7.52. The van der Waals surface area contributed by atoms with Crippen LogP contribution in [-0.2, 0) is 0 Å². The molecule has 0 saturated heterocycles. The van der Waals surface area contributed by atoms with Gasteiger partial charge in [-0.1, -0.05) is 66.7 Å². The molecule has 1 aliphatic carbocycles. The molecule has 0 bridgehead atoms. The topological polar surface area (TPSA) is 3.01 Å². The van der Waals surface area contributed by atoms with E-state index in [1.54, 1.807) is 0 Å². The van der Waals surface area contributed by atoms with Crippen molar-refractivity contribution in [3.05, 3.63) is 29.3 Å². The van der Waals surface area contributed by atoms with E-state index in [4.69, 9.17) is 0 Å². The third-order valence-electron chi connectivity index (χ3n) is 6.79. The van der Waals surface area contributed by atoms with Crippen LogP contribution in [0.1, 0.15) is 105 Å².